The van der Waals surface area contributed by atoms with Gasteiger partial charge in [0.1, 0.15) is 0 Å². The Bertz CT molecular complexity index is 874. The number of alkyl halides is 4. The van der Waals surface area contributed by atoms with Crippen LogP contribution >= 0.6 is 35.0 Å². The fourth-order valence-electron chi connectivity index (χ4n) is 2.07. The minimum absolute atomic E-state index is 0.0324. The van der Waals surface area contributed by atoms with Crippen molar-refractivity contribution in [3.63, 3.8) is 0 Å². The Morgan fingerprint density at radius 1 is 1.12 bits per heavy atom. The van der Waals surface area contributed by atoms with Crippen molar-refractivity contribution in [1.82, 2.24) is 0 Å². The summed E-state index contributed by atoms with van der Waals surface area (Å²) in [7, 11) is 0. The molecule has 2 rings (SSSR count). The molecule has 2 aromatic rings. The number of isocyanates is 1. The maximum Gasteiger partial charge on any atom is 0.446 e. The minimum Gasteiger partial charge on any atom is -0.211 e. The van der Waals surface area contributed by atoms with Gasteiger partial charge in [-0.25, -0.2) is 4.79 Å². The molecule has 0 aromatic heterocycles. The zero-order chi connectivity index (χ0) is 18.7. The van der Waals surface area contributed by atoms with Gasteiger partial charge in [0.25, 0.3) is 0 Å². The van der Waals surface area contributed by atoms with Crippen molar-refractivity contribution in [2.45, 2.75) is 15.3 Å². The van der Waals surface area contributed by atoms with E-state index >= 15 is 0 Å². The molecule has 2 aromatic carbocycles. The SMILES string of the molecule is N#CC(Cl)(c1ccc(SC(F)(F)F)cc1)c1ccc(N=C=O)cc1Cl. The van der Waals surface area contributed by atoms with Crippen LogP contribution in [-0.4, -0.2) is 11.6 Å². The van der Waals surface area contributed by atoms with E-state index < -0.39 is 10.4 Å². The van der Waals surface area contributed by atoms with Crippen LogP contribution in [0.15, 0.2) is 52.4 Å². The highest BCUT2D eigenvalue weighted by Crippen LogP contribution is 2.42. The zero-order valence-electron chi connectivity index (χ0n) is 12.1. The maximum atomic E-state index is 12.4. The topological polar surface area (TPSA) is 53.2 Å². The smallest absolute Gasteiger partial charge is 0.211 e. The molecule has 0 spiro atoms. The van der Waals surface area contributed by atoms with Gasteiger partial charge in [-0.3, -0.25) is 0 Å². The minimum atomic E-state index is -4.41. The summed E-state index contributed by atoms with van der Waals surface area (Å²) in [6.07, 6.45) is 1.36. The average Bonchev–Trinajstić information content (AvgIpc) is 2.54. The van der Waals surface area contributed by atoms with Crippen LogP contribution in [0.5, 0.6) is 0 Å². The summed E-state index contributed by atoms with van der Waals surface area (Å²) in [6.45, 7) is 0. The van der Waals surface area contributed by atoms with Crippen LogP contribution in [0.4, 0.5) is 18.9 Å². The second-order valence-corrected chi connectivity index (χ2v) is 6.82. The van der Waals surface area contributed by atoms with Crippen LogP contribution in [-0.2, 0) is 9.67 Å². The lowest BCUT2D eigenvalue weighted by atomic mass is 9.91. The highest BCUT2D eigenvalue weighted by Gasteiger charge is 2.35. The predicted octanol–water partition coefficient (Wildman–Crippen LogP) is 5.93. The quantitative estimate of drug-likeness (QED) is 0.275. The molecule has 25 heavy (non-hydrogen) atoms. The highest BCUT2D eigenvalue weighted by molar-refractivity contribution is 8.00. The van der Waals surface area contributed by atoms with Crippen molar-refractivity contribution in [2.24, 2.45) is 4.99 Å². The van der Waals surface area contributed by atoms with Crippen molar-refractivity contribution >= 4 is 46.7 Å². The Labute approximate surface area is 155 Å². The van der Waals surface area contributed by atoms with Crippen molar-refractivity contribution in [2.75, 3.05) is 0 Å². The number of nitriles is 1. The fraction of sp³-hybridized carbons (Fsp3) is 0.125. The first-order valence-corrected chi connectivity index (χ1v) is 8.11. The first kappa shape index (κ1) is 19.4. The molecule has 0 saturated heterocycles. The van der Waals surface area contributed by atoms with Gasteiger partial charge in [-0.1, -0.05) is 41.4 Å². The van der Waals surface area contributed by atoms with Crippen LogP contribution in [0.25, 0.3) is 0 Å². The third-order valence-corrected chi connectivity index (χ3v) is 4.70. The molecule has 0 aliphatic heterocycles. The number of nitrogens with zero attached hydrogens (tertiary/aromatic N) is 2. The Hall–Kier alpha value is -1.97. The summed E-state index contributed by atoms with van der Waals surface area (Å²) in [4.78, 5) is 12.0. The molecule has 0 bridgehead atoms. The van der Waals surface area contributed by atoms with E-state index in [9.17, 15) is 23.2 Å². The Morgan fingerprint density at radius 3 is 2.24 bits per heavy atom. The summed E-state index contributed by atoms with van der Waals surface area (Å²) in [5.41, 5.74) is -3.69. The van der Waals surface area contributed by atoms with E-state index in [-0.39, 0.29) is 38.5 Å². The van der Waals surface area contributed by atoms with E-state index in [1.54, 1.807) is 0 Å². The van der Waals surface area contributed by atoms with E-state index in [0.29, 0.717) is 0 Å². The predicted molar refractivity (Wildman–Crippen MR) is 89.8 cm³/mol. The number of rotatable bonds is 4. The lowest BCUT2D eigenvalue weighted by Crippen LogP contribution is -2.18. The molecule has 0 radical (unpaired) electrons. The second-order valence-electron chi connectivity index (χ2n) is 4.71. The molecule has 1 atom stereocenters. The largest absolute Gasteiger partial charge is 0.446 e. The van der Waals surface area contributed by atoms with E-state index in [0.717, 1.165) is 0 Å². The first-order valence-electron chi connectivity index (χ1n) is 6.54. The van der Waals surface area contributed by atoms with Gasteiger partial charge in [0.2, 0.25) is 6.08 Å². The number of halogens is 5. The Balaban J connectivity index is 2.44. The molecule has 1 unspecified atom stereocenters. The molecular weight excluding hydrogens is 396 g/mol. The number of benzene rings is 2. The van der Waals surface area contributed by atoms with E-state index in [4.69, 9.17) is 23.2 Å². The summed E-state index contributed by atoms with van der Waals surface area (Å²) >= 11 is 12.3. The van der Waals surface area contributed by atoms with Crippen LogP contribution in [0, 0.1) is 11.3 Å². The molecule has 0 heterocycles. The molecule has 0 saturated carbocycles. The van der Waals surface area contributed by atoms with Crippen LogP contribution < -0.4 is 0 Å². The third-order valence-electron chi connectivity index (χ3n) is 3.14. The molecule has 3 nitrogen and oxygen atoms in total. The molecule has 0 fully saturated rings. The van der Waals surface area contributed by atoms with Crippen LogP contribution in [0.1, 0.15) is 11.1 Å². The average molecular weight is 403 g/mol. The van der Waals surface area contributed by atoms with Gasteiger partial charge < -0.3 is 0 Å². The summed E-state index contributed by atoms with van der Waals surface area (Å²) < 4.78 is 37.2. The third kappa shape index (κ3) is 4.56. The zero-order valence-corrected chi connectivity index (χ0v) is 14.5. The normalized spacial score (nSPS) is 13.4. The summed E-state index contributed by atoms with van der Waals surface area (Å²) in [5.74, 6) is 0. The van der Waals surface area contributed by atoms with Gasteiger partial charge in [-0.2, -0.15) is 23.4 Å². The number of thioether (sulfide) groups is 1. The monoisotopic (exact) mass is 402 g/mol. The summed E-state index contributed by atoms with van der Waals surface area (Å²) in [6, 6.07) is 11.2. The van der Waals surface area contributed by atoms with Gasteiger partial charge >= 0.3 is 5.51 Å². The van der Waals surface area contributed by atoms with E-state index in [2.05, 4.69) is 4.99 Å². The van der Waals surface area contributed by atoms with Gasteiger partial charge in [-0.15, -0.1) is 0 Å². The van der Waals surface area contributed by atoms with Crippen molar-refractivity contribution in [3.05, 3.63) is 58.6 Å². The number of aliphatic imine (C=N–C) groups is 1. The van der Waals surface area contributed by atoms with Crippen LogP contribution in [0.3, 0.4) is 0 Å². The molecule has 0 aliphatic carbocycles. The lowest BCUT2D eigenvalue weighted by Gasteiger charge is -2.22. The van der Waals surface area contributed by atoms with Crippen molar-refractivity contribution in [1.29, 1.82) is 5.26 Å². The Morgan fingerprint density at radius 2 is 1.76 bits per heavy atom. The molecule has 128 valence electrons. The van der Waals surface area contributed by atoms with E-state index in [1.165, 1.54) is 48.5 Å². The molecule has 0 N–H and O–H groups in total. The molecule has 0 amide bonds. The maximum absolute atomic E-state index is 12.4. The Kier molecular flexibility index (Phi) is 5.81. The highest BCUT2D eigenvalue weighted by atomic mass is 35.5. The fourth-order valence-corrected chi connectivity index (χ4v) is 3.27. The van der Waals surface area contributed by atoms with Crippen LogP contribution in [0.2, 0.25) is 5.02 Å². The molecular formula is C16H7Cl2F3N2OS. The lowest BCUT2D eigenvalue weighted by molar-refractivity contribution is -0.0328. The first-order chi connectivity index (χ1) is 11.7. The van der Waals surface area contributed by atoms with Crippen molar-refractivity contribution in [3.8, 4) is 6.07 Å². The van der Waals surface area contributed by atoms with Gasteiger partial charge in [0, 0.05) is 15.5 Å². The van der Waals surface area contributed by atoms with Gasteiger partial charge in [0.15, 0.2) is 4.87 Å². The molecule has 9 heteroatoms. The molecule has 0 aliphatic rings. The van der Waals surface area contributed by atoms with E-state index in [1.807, 2.05) is 6.07 Å². The van der Waals surface area contributed by atoms with Gasteiger partial charge in [-0.05, 0) is 41.6 Å². The van der Waals surface area contributed by atoms with Gasteiger partial charge in [0.05, 0.1) is 11.8 Å². The van der Waals surface area contributed by atoms with Crippen molar-refractivity contribution < 1.29 is 18.0 Å². The summed E-state index contributed by atoms with van der Waals surface area (Å²) in [5, 5.41) is 9.62. The standard InChI is InChI=1S/C16H7Cl2F3N2OS/c17-14-7-11(23-9-24)3-6-13(14)15(18,8-22)10-1-4-12(5-2-10)25-16(19,20)21/h1-7H. The second kappa shape index (κ2) is 7.51. The number of hydrogen-bond acceptors (Lipinski definition) is 4. The number of hydrogen-bond donors (Lipinski definition) is 0. The number of carbonyl (C=O) groups excluding carboxylic acids is 1.